The fraction of sp³-hybridized carbons (Fsp3) is 0.0870. The van der Waals surface area contributed by atoms with E-state index < -0.39 is 29.3 Å². The molecule has 0 bridgehead atoms. The lowest BCUT2D eigenvalue weighted by Gasteiger charge is -2.24. The number of amides is 1. The molecule has 0 unspecified atom stereocenters. The van der Waals surface area contributed by atoms with Gasteiger partial charge in [-0.15, -0.1) is 11.3 Å². The van der Waals surface area contributed by atoms with E-state index in [2.05, 4.69) is 4.98 Å². The predicted octanol–water partition coefficient (Wildman–Crippen LogP) is 5.29. The molecule has 0 radical (unpaired) electrons. The number of nitrogens with zero attached hydrogens (tertiary/aromatic N) is 2. The van der Waals surface area contributed by atoms with E-state index in [1.54, 1.807) is 42.8 Å². The van der Waals surface area contributed by atoms with E-state index >= 15 is 0 Å². The fourth-order valence-corrected chi connectivity index (χ4v) is 5.36. The van der Waals surface area contributed by atoms with Gasteiger partial charge < -0.3 is 9.84 Å². The van der Waals surface area contributed by atoms with Crippen molar-refractivity contribution in [2.75, 3.05) is 12.0 Å². The molecule has 4 aromatic rings. The number of thiophene rings is 1. The lowest BCUT2D eigenvalue weighted by Crippen LogP contribution is -2.30. The van der Waals surface area contributed by atoms with Gasteiger partial charge in [-0.3, -0.25) is 14.5 Å². The number of ether oxygens (including phenoxy) is 1. The number of carbonyl (C=O) groups is 2. The lowest BCUT2D eigenvalue weighted by molar-refractivity contribution is -0.117. The summed E-state index contributed by atoms with van der Waals surface area (Å²) in [7, 11) is 1.56. The molecule has 2 aromatic heterocycles. The number of thiazole rings is 1. The first-order chi connectivity index (χ1) is 15.5. The molecule has 1 amide bonds. The van der Waals surface area contributed by atoms with Gasteiger partial charge >= 0.3 is 0 Å². The second-order valence-electron chi connectivity index (χ2n) is 7.03. The number of carbonyl (C=O) groups excluding carboxylic acids is 2. The molecule has 0 spiro atoms. The van der Waals surface area contributed by atoms with Crippen LogP contribution in [0.3, 0.4) is 0 Å². The van der Waals surface area contributed by atoms with Gasteiger partial charge in [0.2, 0.25) is 5.78 Å². The summed E-state index contributed by atoms with van der Waals surface area (Å²) in [5.74, 6) is -1.62. The van der Waals surface area contributed by atoms with Gasteiger partial charge in [0.15, 0.2) is 10.9 Å². The Morgan fingerprint density at radius 3 is 2.66 bits per heavy atom. The van der Waals surface area contributed by atoms with Gasteiger partial charge in [-0.05, 0) is 47.3 Å². The first-order valence-corrected chi connectivity index (χ1v) is 11.2. The number of Topliss-reactive ketones (excluding diaryl/α,β-unsaturated/α-hetero) is 1. The van der Waals surface area contributed by atoms with Crippen molar-refractivity contribution in [2.45, 2.75) is 6.04 Å². The summed E-state index contributed by atoms with van der Waals surface area (Å²) in [6.45, 7) is 0. The second-order valence-corrected chi connectivity index (χ2v) is 8.98. The van der Waals surface area contributed by atoms with E-state index in [4.69, 9.17) is 4.74 Å². The van der Waals surface area contributed by atoms with Crippen LogP contribution >= 0.6 is 22.7 Å². The summed E-state index contributed by atoms with van der Waals surface area (Å²) in [6, 6.07) is 13.2. The highest BCUT2D eigenvalue weighted by Crippen LogP contribution is 2.44. The molecule has 0 aliphatic carbocycles. The number of fused-ring (bicyclic) bond motifs is 1. The highest BCUT2D eigenvalue weighted by molar-refractivity contribution is 7.22. The molecule has 0 fully saturated rings. The number of halogens is 1. The lowest BCUT2D eigenvalue weighted by atomic mass is 9.95. The topological polar surface area (TPSA) is 79.7 Å². The smallest absolute Gasteiger partial charge is 0.296 e. The molecule has 1 aliphatic rings. The zero-order valence-corrected chi connectivity index (χ0v) is 18.2. The van der Waals surface area contributed by atoms with Crippen molar-refractivity contribution in [2.24, 2.45) is 0 Å². The Kier molecular flexibility index (Phi) is 4.99. The van der Waals surface area contributed by atoms with Gasteiger partial charge in [0.05, 0.1) is 33.8 Å². The Morgan fingerprint density at radius 1 is 1.19 bits per heavy atom. The standard InChI is InChI=1S/C23H15FN2O4S2/c1-30-14-8-9-15-17(11-14)32-23(25-15)26-19(12-4-6-13(24)7-5-12)18(21(28)22(26)29)20(27)16-3-2-10-31-16/h2-11,19,28H,1H3/t19-/m0/s1. The normalized spacial score (nSPS) is 16.2. The number of methoxy groups -OCH3 is 1. The van der Waals surface area contributed by atoms with E-state index in [0.717, 1.165) is 4.70 Å². The monoisotopic (exact) mass is 466 g/mol. The summed E-state index contributed by atoms with van der Waals surface area (Å²) < 4.78 is 19.6. The molecular formula is C23H15FN2O4S2. The molecule has 5 rings (SSSR count). The van der Waals surface area contributed by atoms with Crippen LogP contribution in [0.2, 0.25) is 0 Å². The van der Waals surface area contributed by atoms with E-state index in [0.29, 0.717) is 26.8 Å². The van der Waals surface area contributed by atoms with Crippen LogP contribution in [-0.2, 0) is 4.79 Å². The number of aromatic nitrogens is 1. The first kappa shape index (κ1) is 20.3. The van der Waals surface area contributed by atoms with Crippen molar-refractivity contribution >= 4 is 49.7 Å². The van der Waals surface area contributed by atoms with Crippen LogP contribution in [0.15, 0.2) is 71.3 Å². The summed E-state index contributed by atoms with van der Waals surface area (Å²) in [4.78, 5) is 32.7. The van der Waals surface area contributed by atoms with Crippen LogP contribution in [0.25, 0.3) is 10.2 Å². The molecule has 0 saturated heterocycles. The zero-order valence-electron chi connectivity index (χ0n) is 16.6. The number of hydrogen-bond acceptors (Lipinski definition) is 7. The highest BCUT2D eigenvalue weighted by Gasteiger charge is 2.46. The maximum absolute atomic E-state index is 13.6. The van der Waals surface area contributed by atoms with Crippen molar-refractivity contribution in [3.8, 4) is 5.75 Å². The minimum absolute atomic E-state index is 0.0547. The maximum atomic E-state index is 13.6. The average molecular weight is 467 g/mol. The number of anilines is 1. The van der Waals surface area contributed by atoms with Gasteiger partial charge in [0.25, 0.3) is 5.91 Å². The Morgan fingerprint density at radius 2 is 1.97 bits per heavy atom. The Hall–Kier alpha value is -3.56. The highest BCUT2D eigenvalue weighted by atomic mass is 32.1. The second kappa shape index (κ2) is 7.85. The maximum Gasteiger partial charge on any atom is 0.296 e. The third kappa shape index (κ3) is 3.26. The summed E-state index contributed by atoms with van der Waals surface area (Å²) in [5.41, 5.74) is 1.08. The van der Waals surface area contributed by atoms with Crippen LogP contribution in [0.1, 0.15) is 21.3 Å². The summed E-state index contributed by atoms with van der Waals surface area (Å²) in [5, 5.41) is 12.8. The van der Waals surface area contributed by atoms with E-state index in [1.807, 2.05) is 0 Å². The molecule has 3 heterocycles. The Labute approximate surface area is 189 Å². The molecule has 1 N–H and O–H groups in total. The van der Waals surface area contributed by atoms with Crippen LogP contribution in [0, 0.1) is 5.82 Å². The average Bonchev–Trinajstić information content (AvgIpc) is 3.52. The number of hydrogen-bond donors (Lipinski definition) is 1. The van der Waals surface area contributed by atoms with E-state index in [1.165, 1.54) is 51.8 Å². The van der Waals surface area contributed by atoms with Gasteiger partial charge in [0.1, 0.15) is 11.6 Å². The van der Waals surface area contributed by atoms with Gasteiger partial charge in [-0.1, -0.05) is 29.5 Å². The molecule has 32 heavy (non-hydrogen) atoms. The Balaban J connectivity index is 1.67. The van der Waals surface area contributed by atoms with Gasteiger partial charge in [0, 0.05) is 0 Å². The summed E-state index contributed by atoms with van der Waals surface area (Å²) in [6.07, 6.45) is 0. The third-order valence-corrected chi connectivity index (χ3v) is 7.06. The van der Waals surface area contributed by atoms with Crippen LogP contribution in [-0.4, -0.2) is 28.9 Å². The molecule has 2 aromatic carbocycles. The van der Waals surface area contributed by atoms with Gasteiger partial charge in [-0.25, -0.2) is 9.37 Å². The van der Waals surface area contributed by atoms with Crippen LogP contribution in [0.4, 0.5) is 9.52 Å². The largest absolute Gasteiger partial charge is 0.503 e. The fourth-order valence-electron chi connectivity index (χ4n) is 3.66. The number of benzene rings is 2. The van der Waals surface area contributed by atoms with Crippen LogP contribution < -0.4 is 9.64 Å². The minimum Gasteiger partial charge on any atom is -0.503 e. The predicted molar refractivity (Wildman–Crippen MR) is 121 cm³/mol. The van der Waals surface area contributed by atoms with Crippen molar-refractivity contribution in [3.05, 3.63) is 87.6 Å². The van der Waals surface area contributed by atoms with Crippen LogP contribution in [0.5, 0.6) is 5.75 Å². The zero-order chi connectivity index (χ0) is 22.4. The minimum atomic E-state index is -0.944. The SMILES string of the molecule is COc1ccc2nc(N3C(=O)C(O)=C(C(=O)c4cccs4)[C@@H]3c3ccc(F)cc3)sc2c1. The van der Waals surface area contributed by atoms with Crippen molar-refractivity contribution in [1.82, 2.24) is 4.98 Å². The van der Waals surface area contributed by atoms with Crippen molar-refractivity contribution in [3.63, 3.8) is 0 Å². The molecule has 1 aliphatic heterocycles. The van der Waals surface area contributed by atoms with E-state index in [-0.39, 0.29) is 5.57 Å². The quantitative estimate of drug-likeness (QED) is 0.405. The molecule has 0 saturated carbocycles. The molecule has 160 valence electrons. The number of ketones is 1. The molecular weight excluding hydrogens is 451 g/mol. The number of rotatable bonds is 5. The first-order valence-electron chi connectivity index (χ1n) is 9.53. The summed E-state index contributed by atoms with van der Waals surface area (Å²) >= 11 is 2.45. The molecule has 9 heteroatoms. The Bertz CT molecular complexity index is 1380. The molecule has 6 nitrogen and oxygen atoms in total. The van der Waals surface area contributed by atoms with E-state index in [9.17, 15) is 19.1 Å². The molecule has 1 atom stereocenters. The number of aliphatic hydroxyl groups is 1. The van der Waals surface area contributed by atoms with Crippen molar-refractivity contribution < 1.29 is 23.8 Å². The van der Waals surface area contributed by atoms with Gasteiger partial charge in [-0.2, -0.15) is 0 Å². The third-order valence-electron chi connectivity index (χ3n) is 5.17. The number of aliphatic hydroxyl groups excluding tert-OH is 1. The van der Waals surface area contributed by atoms with Crippen molar-refractivity contribution in [1.29, 1.82) is 0 Å².